The second-order valence-electron chi connectivity index (χ2n) is 6.17. The van der Waals surface area contributed by atoms with E-state index in [9.17, 15) is 0 Å². The topological polar surface area (TPSA) is 11.3 Å². The molecule has 1 aliphatic carbocycles. The van der Waals surface area contributed by atoms with Crippen LogP contribution in [0.4, 0.5) is 0 Å². The molecule has 1 aliphatic heterocycles. The molecule has 0 amide bonds. The molecule has 4 rings (SSSR count). The highest BCUT2D eigenvalue weighted by Gasteiger charge is 2.38. The Morgan fingerprint density at radius 3 is 2.74 bits per heavy atom. The molecule has 0 bridgehead atoms. The van der Waals surface area contributed by atoms with Gasteiger partial charge in [-0.25, -0.2) is 4.42 Å². The highest BCUT2D eigenvalue weighted by Crippen LogP contribution is 2.35. The van der Waals surface area contributed by atoms with Gasteiger partial charge in [0.2, 0.25) is 0 Å². The fourth-order valence-electron chi connectivity index (χ4n) is 3.43. The third-order valence-electron chi connectivity index (χ3n) is 4.58. The van der Waals surface area contributed by atoms with Crippen LogP contribution < -0.4 is 0 Å². The Balaban J connectivity index is 1.66. The molecule has 0 N–H and O–H groups in total. The molecular formula is C22H19O+. The van der Waals surface area contributed by atoms with E-state index in [4.69, 9.17) is 4.42 Å². The van der Waals surface area contributed by atoms with Gasteiger partial charge < -0.3 is 0 Å². The number of fused-ring (bicyclic) bond motifs is 2. The van der Waals surface area contributed by atoms with Crippen LogP contribution in [0, 0.1) is 17.8 Å². The van der Waals surface area contributed by atoms with Crippen LogP contribution in [-0.2, 0) is 10.8 Å². The van der Waals surface area contributed by atoms with E-state index >= 15 is 0 Å². The molecule has 0 spiro atoms. The summed E-state index contributed by atoms with van der Waals surface area (Å²) in [4.78, 5) is 0. The minimum Gasteiger partial charge on any atom is -0.212 e. The molecule has 1 saturated carbocycles. The van der Waals surface area contributed by atoms with Gasteiger partial charge in [0.25, 0.3) is 0 Å². The van der Waals surface area contributed by atoms with E-state index in [1.807, 2.05) is 36.4 Å². The first-order valence-electron chi connectivity index (χ1n) is 8.29. The number of hydrogen-bond acceptors (Lipinski definition) is 0. The van der Waals surface area contributed by atoms with E-state index in [-0.39, 0.29) is 0 Å². The zero-order valence-electron chi connectivity index (χ0n) is 13.1. The molecule has 1 fully saturated rings. The van der Waals surface area contributed by atoms with Gasteiger partial charge in [0, 0.05) is 17.7 Å². The van der Waals surface area contributed by atoms with Crippen molar-refractivity contribution in [3.8, 4) is 17.6 Å². The molecule has 1 heterocycles. The maximum absolute atomic E-state index is 6.23. The second kappa shape index (κ2) is 6.26. The van der Waals surface area contributed by atoms with Gasteiger partial charge in [-0.15, -0.1) is 0 Å². The molecule has 1 nitrogen and oxygen atoms in total. The van der Waals surface area contributed by atoms with Crippen LogP contribution >= 0.6 is 0 Å². The fourth-order valence-corrected chi connectivity index (χ4v) is 3.43. The maximum atomic E-state index is 6.23. The lowest BCUT2D eigenvalue weighted by Crippen LogP contribution is -2.27. The van der Waals surface area contributed by atoms with E-state index in [1.165, 1.54) is 24.0 Å². The number of rotatable bonds is 0. The Bertz CT molecular complexity index is 831. The van der Waals surface area contributed by atoms with E-state index < -0.39 is 0 Å². The summed E-state index contributed by atoms with van der Waals surface area (Å²) in [5.41, 5.74) is 3.66. The van der Waals surface area contributed by atoms with Crippen LogP contribution in [0.3, 0.4) is 0 Å². The number of ketones is 1. The van der Waals surface area contributed by atoms with E-state index in [0.29, 0.717) is 5.92 Å². The SMILES string of the molecule is C(#Cc1ccccc1)C=C1CCCC2Cc3ccccc3[O+]=C12. The Hall–Kier alpha value is -2.59. The molecule has 2 aromatic carbocycles. The highest BCUT2D eigenvalue weighted by atomic mass is 16.4. The van der Waals surface area contributed by atoms with Crippen molar-refractivity contribution in [2.24, 2.45) is 5.92 Å². The molecule has 0 aromatic heterocycles. The van der Waals surface area contributed by atoms with Crippen LogP contribution in [-0.4, -0.2) is 5.78 Å². The standard InChI is InChI=1S/C22H19O/c1-2-8-17(9-3-1)10-6-12-18-13-7-14-20-16-19-11-4-5-15-21(19)23-22(18)20/h1-5,8-9,11-12,15,20H,7,13-14,16H2/q+1. The van der Waals surface area contributed by atoms with Gasteiger partial charge in [0.05, 0.1) is 17.1 Å². The Labute approximate surface area is 137 Å². The Morgan fingerprint density at radius 1 is 1.00 bits per heavy atom. The lowest BCUT2D eigenvalue weighted by Gasteiger charge is -2.21. The molecule has 23 heavy (non-hydrogen) atoms. The van der Waals surface area contributed by atoms with Crippen molar-refractivity contribution in [1.29, 1.82) is 0 Å². The van der Waals surface area contributed by atoms with Crippen molar-refractivity contribution in [2.45, 2.75) is 25.7 Å². The van der Waals surface area contributed by atoms with Gasteiger partial charge >= 0.3 is 11.5 Å². The average Bonchev–Trinajstić information content (AvgIpc) is 2.61. The first kappa shape index (κ1) is 14.0. The van der Waals surface area contributed by atoms with Crippen molar-refractivity contribution in [2.75, 3.05) is 0 Å². The number of allylic oxidation sites excluding steroid dienone is 2. The number of benzene rings is 2. The summed E-state index contributed by atoms with van der Waals surface area (Å²) in [5.74, 6) is 9.11. The summed E-state index contributed by atoms with van der Waals surface area (Å²) >= 11 is 0. The van der Waals surface area contributed by atoms with Gasteiger partial charge in [-0.05, 0) is 43.9 Å². The Kier molecular flexibility index (Phi) is 3.82. The monoisotopic (exact) mass is 299 g/mol. The summed E-state index contributed by atoms with van der Waals surface area (Å²) in [5, 5.41) is 0. The van der Waals surface area contributed by atoms with Gasteiger partial charge in [0.1, 0.15) is 0 Å². The number of hydrogen-bond donors (Lipinski definition) is 0. The van der Waals surface area contributed by atoms with Gasteiger partial charge in [-0.2, -0.15) is 0 Å². The molecule has 1 atom stereocenters. The number of para-hydroxylation sites is 1. The summed E-state index contributed by atoms with van der Waals surface area (Å²) < 4.78 is 6.23. The minimum atomic E-state index is 0.517. The van der Waals surface area contributed by atoms with Crippen LogP contribution in [0.5, 0.6) is 5.75 Å². The van der Waals surface area contributed by atoms with Crippen molar-refractivity contribution in [1.82, 2.24) is 0 Å². The molecular weight excluding hydrogens is 280 g/mol. The van der Waals surface area contributed by atoms with Crippen LogP contribution in [0.25, 0.3) is 0 Å². The zero-order chi connectivity index (χ0) is 15.5. The summed E-state index contributed by atoms with van der Waals surface area (Å²) in [6.07, 6.45) is 6.65. The third-order valence-corrected chi connectivity index (χ3v) is 4.58. The third kappa shape index (κ3) is 2.98. The van der Waals surface area contributed by atoms with E-state index in [2.05, 4.69) is 36.1 Å². The molecule has 0 radical (unpaired) electrons. The quantitative estimate of drug-likeness (QED) is 0.375. The Morgan fingerprint density at radius 2 is 1.83 bits per heavy atom. The lowest BCUT2D eigenvalue weighted by atomic mass is 9.79. The molecule has 1 heteroatoms. The van der Waals surface area contributed by atoms with Gasteiger partial charge in [-0.3, -0.25) is 0 Å². The summed E-state index contributed by atoms with van der Waals surface area (Å²) in [6, 6.07) is 18.5. The first-order chi connectivity index (χ1) is 11.4. The highest BCUT2D eigenvalue weighted by molar-refractivity contribution is 5.99. The van der Waals surface area contributed by atoms with Crippen molar-refractivity contribution < 1.29 is 4.42 Å². The van der Waals surface area contributed by atoms with E-state index in [0.717, 1.165) is 29.9 Å². The minimum absolute atomic E-state index is 0.517. The van der Waals surface area contributed by atoms with Crippen molar-refractivity contribution in [3.63, 3.8) is 0 Å². The van der Waals surface area contributed by atoms with Crippen molar-refractivity contribution in [3.05, 3.63) is 77.4 Å². The van der Waals surface area contributed by atoms with Crippen LogP contribution in [0.1, 0.15) is 30.4 Å². The molecule has 1 unspecified atom stereocenters. The molecule has 112 valence electrons. The van der Waals surface area contributed by atoms with Gasteiger partial charge in [-0.1, -0.05) is 42.2 Å². The maximum Gasteiger partial charge on any atom is 0.356 e. The summed E-state index contributed by atoms with van der Waals surface area (Å²) in [6.45, 7) is 0. The fraction of sp³-hybridized carbons (Fsp3) is 0.227. The smallest absolute Gasteiger partial charge is 0.212 e. The van der Waals surface area contributed by atoms with Crippen LogP contribution in [0.2, 0.25) is 0 Å². The van der Waals surface area contributed by atoms with Gasteiger partial charge in [0.15, 0.2) is 0 Å². The van der Waals surface area contributed by atoms with Crippen LogP contribution in [0.15, 0.2) is 66.2 Å². The summed E-state index contributed by atoms with van der Waals surface area (Å²) in [7, 11) is 0. The number of carbonyl (C=O) groups excluding carboxylic acids is 1. The average molecular weight is 299 g/mol. The molecule has 2 aliphatic rings. The lowest BCUT2D eigenvalue weighted by molar-refractivity contribution is -0.373. The predicted molar refractivity (Wildman–Crippen MR) is 93.3 cm³/mol. The molecule has 2 aromatic rings. The molecule has 0 saturated heterocycles. The van der Waals surface area contributed by atoms with E-state index in [1.54, 1.807) is 0 Å². The largest absolute Gasteiger partial charge is 0.356 e. The predicted octanol–water partition coefficient (Wildman–Crippen LogP) is 4.84. The van der Waals surface area contributed by atoms with Crippen molar-refractivity contribution >= 4 is 5.78 Å². The second-order valence-corrected chi connectivity index (χ2v) is 6.17. The normalized spacial score (nSPS) is 20.8. The zero-order valence-corrected chi connectivity index (χ0v) is 13.1. The first-order valence-corrected chi connectivity index (χ1v) is 8.29.